The Labute approximate surface area is 72.4 Å². The zero-order chi connectivity index (χ0) is 8.97. The van der Waals surface area contributed by atoms with Crippen LogP contribution in [0.3, 0.4) is 0 Å². The first-order chi connectivity index (χ1) is 5.79. The topological polar surface area (TPSA) is 33.0 Å². The Hall–Kier alpha value is -1.33. The highest BCUT2D eigenvalue weighted by Crippen LogP contribution is 2.13. The number of hydrogen-bond acceptors (Lipinski definition) is 2. The maximum atomic E-state index is 8.82. The molecule has 0 atom stereocenters. The van der Waals surface area contributed by atoms with Gasteiger partial charge in [0.1, 0.15) is 0 Å². The van der Waals surface area contributed by atoms with Gasteiger partial charge in [-0.3, -0.25) is 0 Å². The fourth-order valence-electron chi connectivity index (χ4n) is 1.16. The molecule has 0 aliphatic heterocycles. The van der Waals surface area contributed by atoms with Gasteiger partial charge >= 0.3 is 0 Å². The molecule has 0 aliphatic rings. The molecule has 2 heteroatoms. The number of ether oxygens (including phenoxy) is 1. The Morgan fingerprint density at radius 2 is 2.25 bits per heavy atom. The summed E-state index contributed by atoms with van der Waals surface area (Å²) in [7, 11) is 1.63. The van der Waals surface area contributed by atoms with Crippen LogP contribution in [0.5, 0.6) is 0 Å². The molecule has 2 nitrogen and oxygen atoms in total. The number of methoxy groups -OCH3 is 1. The molecule has 0 bridgehead atoms. The lowest BCUT2D eigenvalue weighted by molar-refractivity contribution is 0.184. The smallest absolute Gasteiger partial charge is 0.0998 e. The van der Waals surface area contributed by atoms with Gasteiger partial charge in [0.15, 0.2) is 0 Å². The number of nitrogens with zero attached hydrogens (tertiary/aromatic N) is 1. The summed E-state index contributed by atoms with van der Waals surface area (Å²) < 4.78 is 4.97. The van der Waals surface area contributed by atoms with Crippen LogP contribution in [0, 0.1) is 18.3 Å². The van der Waals surface area contributed by atoms with Gasteiger partial charge in [-0.25, -0.2) is 0 Å². The van der Waals surface area contributed by atoms with Crippen molar-refractivity contribution in [1.82, 2.24) is 0 Å². The second-order valence-electron chi connectivity index (χ2n) is 2.65. The molecule has 0 aromatic heterocycles. The van der Waals surface area contributed by atoms with Crippen LogP contribution in [0.15, 0.2) is 18.2 Å². The highest BCUT2D eigenvalue weighted by molar-refractivity contribution is 5.43. The number of hydrogen-bond donors (Lipinski definition) is 0. The van der Waals surface area contributed by atoms with Crippen molar-refractivity contribution in [2.45, 2.75) is 13.5 Å². The summed E-state index contributed by atoms with van der Waals surface area (Å²) >= 11 is 0. The molecule has 0 aliphatic carbocycles. The average molecular weight is 161 g/mol. The second-order valence-corrected chi connectivity index (χ2v) is 2.65. The minimum atomic E-state index is 0.505. The maximum Gasteiger partial charge on any atom is 0.0998 e. The molecule has 1 rings (SSSR count). The average Bonchev–Trinajstić information content (AvgIpc) is 2.05. The van der Waals surface area contributed by atoms with Gasteiger partial charge in [-0.15, -0.1) is 0 Å². The Morgan fingerprint density at radius 1 is 1.50 bits per heavy atom. The lowest BCUT2D eigenvalue weighted by atomic mass is 10.0. The van der Waals surface area contributed by atoms with E-state index in [9.17, 15) is 0 Å². The van der Waals surface area contributed by atoms with E-state index in [1.807, 2.05) is 25.1 Å². The molecule has 0 radical (unpaired) electrons. The molecule has 0 spiro atoms. The minimum Gasteiger partial charge on any atom is -0.380 e. The normalized spacial score (nSPS) is 9.42. The van der Waals surface area contributed by atoms with Gasteiger partial charge in [0.25, 0.3) is 0 Å². The van der Waals surface area contributed by atoms with Crippen molar-refractivity contribution in [3.8, 4) is 6.07 Å². The summed E-state index contributed by atoms with van der Waals surface area (Å²) in [6.07, 6.45) is 0. The first-order valence-electron chi connectivity index (χ1n) is 3.77. The summed E-state index contributed by atoms with van der Waals surface area (Å²) in [6.45, 7) is 2.43. The van der Waals surface area contributed by atoms with E-state index in [1.54, 1.807) is 7.11 Å². The second kappa shape index (κ2) is 3.89. The molecule has 12 heavy (non-hydrogen) atoms. The highest BCUT2D eigenvalue weighted by atomic mass is 16.5. The van der Waals surface area contributed by atoms with Crippen molar-refractivity contribution < 1.29 is 4.74 Å². The van der Waals surface area contributed by atoms with Gasteiger partial charge in [-0.2, -0.15) is 5.26 Å². The van der Waals surface area contributed by atoms with E-state index >= 15 is 0 Å². The zero-order valence-electron chi connectivity index (χ0n) is 7.29. The summed E-state index contributed by atoms with van der Waals surface area (Å²) in [4.78, 5) is 0. The number of nitriles is 1. The molecular weight excluding hydrogens is 150 g/mol. The van der Waals surface area contributed by atoms with Crippen molar-refractivity contribution in [2.75, 3.05) is 7.11 Å². The van der Waals surface area contributed by atoms with Gasteiger partial charge < -0.3 is 4.74 Å². The molecule has 0 saturated carbocycles. The van der Waals surface area contributed by atoms with Gasteiger partial charge in [-0.05, 0) is 18.1 Å². The van der Waals surface area contributed by atoms with Crippen molar-refractivity contribution in [3.63, 3.8) is 0 Å². The van der Waals surface area contributed by atoms with Crippen LogP contribution in [0.2, 0.25) is 0 Å². The molecule has 0 N–H and O–H groups in total. The van der Waals surface area contributed by atoms with Crippen LogP contribution < -0.4 is 0 Å². The number of benzene rings is 1. The third-order valence-corrected chi connectivity index (χ3v) is 1.77. The van der Waals surface area contributed by atoms with Crippen molar-refractivity contribution in [3.05, 3.63) is 34.9 Å². The summed E-state index contributed by atoms with van der Waals surface area (Å²) in [6, 6.07) is 7.94. The lowest BCUT2D eigenvalue weighted by Gasteiger charge is -2.03. The van der Waals surface area contributed by atoms with Gasteiger partial charge in [0.2, 0.25) is 0 Å². The maximum absolute atomic E-state index is 8.82. The van der Waals surface area contributed by atoms with Crippen molar-refractivity contribution >= 4 is 0 Å². The molecule has 0 heterocycles. The van der Waals surface area contributed by atoms with E-state index < -0.39 is 0 Å². The highest BCUT2D eigenvalue weighted by Gasteiger charge is 2.02. The van der Waals surface area contributed by atoms with Crippen LogP contribution in [-0.4, -0.2) is 7.11 Å². The van der Waals surface area contributed by atoms with E-state index in [0.29, 0.717) is 6.61 Å². The van der Waals surface area contributed by atoms with E-state index in [2.05, 4.69) is 6.07 Å². The van der Waals surface area contributed by atoms with E-state index in [-0.39, 0.29) is 0 Å². The van der Waals surface area contributed by atoms with Crippen LogP contribution in [0.4, 0.5) is 0 Å². The Bertz CT molecular complexity index is 312. The van der Waals surface area contributed by atoms with Gasteiger partial charge in [0.05, 0.1) is 18.2 Å². The quantitative estimate of drug-likeness (QED) is 0.664. The zero-order valence-corrected chi connectivity index (χ0v) is 7.29. The standard InChI is InChI=1S/C10H11NO/c1-8-4-3-5-9(7-12-2)10(8)6-11/h3-5H,7H2,1-2H3. The molecule has 1 aromatic rings. The van der Waals surface area contributed by atoms with Crippen LogP contribution >= 0.6 is 0 Å². The predicted molar refractivity (Wildman–Crippen MR) is 46.6 cm³/mol. The fourth-order valence-corrected chi connectivity index (χ4v) is 1.16. The lowest BCUT2D eigenvalue weighted by Crippen LogP contribution is -1.94. The number of rotatable bonds is 2. The third kappa shape index (κ3) is 1.63. The van der Waals surface area contributed by atoms with Crippen molar-refractivity contribution in [1.29, 1.82) is 5.26 Å². The van der Waals surface area contributed by atoms with Crippen LogP contribution in [0.1, 0.15) is 16.7 Å². The summed E-state index contributed by atoms with van der Waals surface area (Å²) in [5.41, 5.74) is 2.70. The first kappa shape index (κ1) is 8.76. The molecule has 0 fully saturated rings. The SMILES string of the molecule is COCc1cccc(C)c1C#N. The van der Waals surface area contributed by atoms with E-state index in [0.717, 1.165) is 16.7 Å². The Balaban J connectivity index is 3.11. The van der Waals surface area contributed by atoms with E-state index in [1.165, 1.54) is 0 Å². The Kier molecular flexibility index (Phi) is 2.84. The molecule has 62 valence electrons. The molecule has 0 unspecified atom stereocenters. The van der Waals surface area contributed by atoms with Gasteiger partial charge in [0, 0.05) is 7.11 Å². The fraction of sp³-hybridized carbons (Fsp3) is 0.300. The molecule has 0 amide bonds. The van der Waals surface area contributed by atoms with Crippen molar-refractivity contribution in [2.24, 2.45) is 0 Å². The Morgan fingerprint density at radius 3 is 2.83 bits per heavy atom. The molecule has 1 aromatic carbocycles. The third-order valence-electron chi connectivity index (χ3n) is 1.77. The predicted octanol–water partition coefficient (Wildman–Crippen LogP) is 2.01. The largest absolute Gasteiger partial charge is 0.380 e. The first-order valence-corrected chi connectivity index (χ1v) is 3.77. The van der Waals surface area contributed by atoms with Crippen LogP contribution in [0.25, 0.3) is 0 Å². The van der Waals surface area contributed by atoms with Gasteiger partial charge in [-0.1, -0.05) is 18.2 Å². The molecular formula is C10H11NO. The summed E-state index contributed by atoms with van der Waals surface area (Å²) in [5.74, 6) is 0. The number of aryl methyl sites for hydroxylation is 1. The molecule has 0 saturated heterocycles. The minimum absolute atomic E-state index is 0.505. The van der Waals surface area contributed by atoms with Crippen LogP contribution in [-0.2, 0) is 11.3 Å². The monoisotopic (exact) mass is 161 g/mol. The van der Waals surface area contributed by atoms with E-state index in [4.69, 9.17) is 10.00 Å². The summed E-state index contributed by atoms with van der Waals surface area (Å²) in [5, 5.41) is 8.82.